The molecule has 2 aliphatic rings. The Morgan fingerprint density at radius 1 is 1.45 bits per heavy atom. The Bertz CT molecular complexity index is 643. The molecule has 9 nitrogen and oxygen atoms in total. The van der Waals surface area contributed by atoms with Crippen molar-refractivity contribution in [1.29, 1.82) is 0 Å². The summed E-state index contributed by atoms with van der Waals surface area (Å²) in [7, 11) is -4.97. The van der Waals surface area contributed by atoms with Gasteiger partial charge in [-0.15, -0.1) is 0 Å². The quantitative estimate of drug-likeness (QED) is 0.322. The number of fused-ring (bicyclic) bond motifs is 2. The fourth-order valence-corrected chi connectivity index (χ4v) is 2.53. The molecule has 2 amide bonds. The number of nitrogens with zero attached hydrogens (tertiary/aromatic N) is 4. The van der Waals surface area contributed by atoms with Crippen molar-refractivity contribution in [3.05, 3.63) is 24.5 Å². The van der Waals surface area contributed by atoms with Crippen LogP contribution in [0.25, 0.3) is 5.70 Å². The molecule has 2 aliphatic heterocycles. The van der Waals surface area contributed by atoms with Crippen LogP contribution in [0, 0.1) is 0 Å². The van der Waals surface area contributed by atoms with Gasteiger partial charge in [-0.1, -0.05) is 0 Å². The molecular weight excluding hydrogens is 299 g/mol. The van der Waals surface area contributed by atoms with E-state index in [-0.39, 0.29) is 42.6 Å². The number of aromatic nitrogens is 2. The maximum absolute atomic E-state index is 11.8. The third-order valence-electron chi connectivity index (χ3n) is 2.88. The van der Waals surface area contributed by atoms with Gasteiger partial charge in [-0.2, -0.15) is 14.4 Å². The Kier molecular flexibility index (Phi) is 4.23. The van der Waals surface area contributed by atoms with Crippen molar-refractivity contribution in [3.8, 4) is 0 Å². The van der Waals surface area contributed by atoms with Gasteiger partial charge in [0.2, 0.25) is 10.4 Å². The normalized spacial score (nSPS) is 21.8. The van der Waals surface area contributed by atoms with Crippen LogP contribution in [0.2, 0.25) is 0 Å². The van der Waals surface area contributed by atoms with Crippen molar-refractivity contribution in [3.63, 3.8) is 0 Å². The minimum atomic E-state index is -4.97. The Balaban J connectivity index is 0.00000147. The van der Waals surface area contributed by atoms with E-state index in [1.807, 2.05) is 0 Å². The first-order chi connectivity index (χ1) is 8.94. The van der Waals surface area contributed by atoms with Gasteiger partial charge in [-0.3, -0.25) is 0 Å². The van der Waals surface area contributed by atoms with Crippen LogP contribution in [0.5, 0.6) is 0 Å². The molecule has 1 atom stereocenters. The average Bonchev–Trinajstić information content (AvgIpc) is 2.92. The van der Waals surface area contributed by atoms with Gasteiger partial charge in [0, 0.05) is 18.9 Å². The fraction of sp³-hybridized carbons (Fsp3) is 0.333. The summed E-state index contributed by atoms with van der Waals surface area (Å²) in [5, 5.41) is 4.61. The molecular formula is C9H9N4NaO5S. The van der Waals surface area contributed by atoms with E-state index in [1.165, 1.54) is 4.90 Å². The van der Waals surface area contributed by atoms with E-state index in [1.54, 1.807) is 29.2 Å². The summed E-state index contributed by atoms with van der Waals surface area (Å²) in [6, 6.07) is 0.456. The molecule has 1 fully saturated rings. The second-order valence-corrected chi connectivity index (χ2v) is 5.11. The van der Waals surface area contributed by atoms with Crippen molar-refractivity contribution in [1.82, 2.24) is 19.7 Å². The molecule has 0 N–H and O–H groups in total. The van der Waals surface area contributed by atoms with Gasteiger partial charge in [0.25, 0.3) is 0 Å². The maximum Gasteiger partial charge on any atom is 1.00 e. The standard InChI is InChI=1S/C9H10N4O5S.Na/c14-9-11-5-7(12-3-1-2-10-12)4-8(6-11)13(9)18-19(15,16)17;/h1-4,8H,5-6H2,(H,15,16,17);/q;+1/p-1. The van der Waals surface area contributed by atoms with Gasteiger partial charge in [-0.25, -0.2) is 17.9 Å². The number of hydrogen-bond acceptors (Lipinski definition) is 6. The third-order valence-corrected chi connectivity index (χ3v) is 3.22. The molecule has 0 spiro atoms. The molecule has 0 saturated carbocycles. The first kappa shape index (κ1) is 15.5. The van der Waals surface area contributed by atoms with E-state index in [4.69, 9.17) is 0 Å². The molecule has 20 heavy (non-hydrogen) atoms. The minimum Gasteiger partial charge on any atom is -0.724 e. The van der Waals surface area contributed by atoms with Crippen LogP contribution in [0.1, 0.15) is 0 Å². The van der Waals surface area contributed by atoms with Crippen LogP contribution in [-0.2, 0) is 14.7 Å². The number of urea groups is 1. The number of rotatable bonds is 3. The molecule has 102 valence electrons. The molecule has 1 saturated heterocycles. The van der Waals surface area contributed by atoms with Gasteiger partial charge in [0.1, 0.15) is 6.04 Å². The predicted octanol–water partition coefficient (Wildman–Crippen LogP) is -3.76. The molecule has 1 aromatic rings. The van der Waals surface area contributed by atoms with E-state index < -0.39 is 22.5 Å². The van der Waals surface area contributed by atoms with Crippen LogP contribution >= 0.6 is 0 Å². The van der Waals surface area contributed by atoms with E-state index >= 15 is 0 Å². The van der Waals surface area contributed by atoms with E-state index in [0.29, 0.717) is 10.8 Å². The Morgan fingerprint density at radius 2 is 2.20 bits per heavy atom. The maximum atomic E-state index is 11.8. The minimum absolute atomic E-state index is 0. The molecule has 0 radical (unpaired) electrons. The summed E-state index contributed by atoms with van der Waals surface area (Å²) in [6.07, 6.45) is 4.95. The summed E-state index contributed by atoms with van der Waals surface area (Å²) < 4.78 is 37.6. The van der Waals surface area contributed by atoms with Crippen molar-refractivity contribution in [2.45, 2.75) is 6.04 Å². The van der Waals surface area contributed by atoms with E-state index in [0.717, 1.165) is 0 Å². The monoisotopic (exact) mass is 308 g/mol. The Morgan fingerprint density at radius 3 is 2.80 bits per heavy atom. The number of amides is 2. The molecule has 0 aromatic carbocycles. The third kappa shape index (κ3) is 2.90. The van der Waals surface area contributed by atoms with Crippen molar-refractivity contribution >= 4 is 22.1 Å². The summed E-state index contributed by atoms with van der Waals surface area (Å²) >= 11 is 0. The van der Waals surface area contributed by atoms with Crippen LogP contribution < -0.4 is 29.6 Å². The fourth-order valence-electron chi connectivity index (χ4n) is 2.16. The predicted molar refractivity (Wildman–Crippen MR) is 59.9 cm³/mol. The van der Waals surface area contributed by atoms with Crippen LogP contribution in [0.4, 0.5) is 4.79 Å². The molecule has 1 aromatic heterocycles. The zero-order chi connectivity index (χ0) is 13.6. The Hall–Kier alpha value is -0.910. The van der Waals surface area contributed by atoms with E-state index in [2.05, 4.69) is 9.38 Å². The SMILES string of the molecule is O=C1N2CC(n3cccn3)=CC(C2)N1OS(=O)(=O)[O-].[Na+]. The molecule has 0 aliphatic carbocycles. The van der Waals surface area contributed by atoms with Gasteiger partial charge < -0.3 is 9.45 Å². The topological polar surface area (TPSA) is 108 Å². The van der Waals surface area contributed by atoms with Gasteiger partial charge in [0.05, 0.1) is 12.2 Å². The van der Waals surface area contributed by atoms with Gasteiger partial charge >= 0.3 is 35.6 Å². The number of hydrogen-bond donors (Lipinski definition) is 0. The molecule has 3 rings (SSSR count). The smallest absolute Gasteiger partial charge is 0.724 e. The van der Waals surface area contributed by atoms with Crippen LogP contribution in [-0.4, -0.2) is 57.9 Å². The average molecular weight is 308 g/mol. The zero-order valence-corrected chi connectivity index (χ0v) is 13.4. The molecule has 2 bridgehead atoms. The first-order valence-electron chi connectivity index (χ1n) is 5.38. The summed E-state index contributed by atoms with van der Waals surface area (Å²) in [4.78, 5) is 13.2. The van der Waals surface area contributed by atoms with Crippen molar-refractivity contribution in [2.75, 3.05) is 13.1 Å². The van der Waals surface area contributed by atoms with Crippen LogP contribution in [0.15, 0.2) is 24.5 Å². The van der Waals surface area contributed by atoms with Gasteiger partial charge in [0.15, 0.2) is 0 Å². The molecule has 1 unspecified atom stereocenters. The van der Waals surface area contributed by atoms with Gasteiger partial charge in [-0.05, 0) is 12.1 Å². The summed E-state index contributed by atoms with van der Waals surface area (Å²) in [5.41, 5.74) is 0.712. The summed E-state index contributed by atoms with van der Waals surface area (Å²) in [6.45, 7) is 0.550. The Labute approximate surface area is 137 Å². The number of hydroxylamine groups is 2. The zero-order valence-electron chi connectivity index (χ0n) is 10.5. The second kappa shape index (κ2) is 5.47. The molecule has 11 heteroatoms. The number of carbonyl (C=O) groups is 1. The van der Waals surface area contributed by atoms with Crippen LogP contribution in [0.3, 0.4) is 0 Å². The van der Waals surface area contributed by atoms with Crippen molar-refractivity contribution in [2.24, 2.45) is 0 Å². The van der Waals surface area contributed by atoms with E-state index in [9.17, 15) is 17.8 Å². The second-order valence-electron chi connectivity index (χ2n) is 4.15. The summed E-state index contributed by atoms with van der Waals surface area (Å²) in [5.74, 6) is 0. The van der Waals surface area contributed by atoms with Crippen molar-refractivity contribution < 1.29 is 51.6 Å². The first-order valence-corrected chi connectivity index (χ1v) is 6.72. The molecule has 3 heterocycles. The largest absolute Gasteiger partial charge is 1.00 e. The number of carbonyl (C=O) groups excluding carboxylic acids is 1.